The van der Waals surface area contributed by atoms with E-state index in [1.807, 2.05) is 0 Å². The predicted molar refractivity (Wildman–Crippen MR) is 75.8 cm³/mol. The van der Waals surface area contributed by atoms with Crippen molar-refractivity contribution >= 4 is 24.8 Å². The lowest BCUT2D eigenvalue weighted by atomic mass is 10.0. The van der Waals surface area contributed by atoms with Crippen LogP contribution in [0.3, 0.4) is 0 Å². The smallest absolute Gasteiger partial charge is 0.408 e. The lowest BCUT2D eigenvalue weighted by molar-refractivity contribution is -0.188. The molecular formula is C12H16Cl2F4N2O. The molecule has 2 rings (SSSR count). The van der Waals surface area contributed by atoms with Crippen LogP contribution in [0.15, 0.2) is 18.2 Å². The standard InChI is InChI=1S/C12H14F4N2O.2ClH/c13-8-1-2-10(19)9(7-8)11(12(14,15)16)18-5-3-17-4-6-18;;/h1-2,7,11,17,19H,3-6H2;2*1H/t11-;;/m1../s1. The van der Waals surface area contributed by atoms with Crippen molar-refractivity contribution in [3.63, 3.8) is 0 Å². The van der Waals surface area contributed by atoms with Crippen molar-refractivity contribution in [2.24, 2.45) is 0 Å². The van der Waals surface area contributed by atoms with Crippen LogP contribution in [0.4, 0.5) is 17.6 Å². The zero-order chi connectivity index (χ0) is 14.0. The lowest BCUT2D eigenvalue weighted by Crippen LogP contribution is -2.49. The number of hydrogen-bond donors (Lipinski definition) is 2. The fraction of sp³-hybridized carbons (Fsp3) is 0.500. The Kier molecular flexibility index (Phi) is 7.74. The van der Waals surface area contributed by atoms with E-state index in [4.69, 9.17) is 0 Å². The SMILES string of the molecule is Cl.Cl.Oc1ccc(F)cc1[C@@H](N1CCNCC1)C(F)(F)F. The van der Waals surface area contributed by atoms with Crippen LogP contribution < -0.4 is 5.32 Å². The number of hydrogen-bond acceptors (Lipinski definition) is 3. The molecule has 1 heterocycles. The first-order valence-electron chi connectivity index (χ1n) is 5.89. The van der Waals surface area contributed by atoms with Crippen LogP contribution in [0.5, 0.6) is 5.75 Å². The van der Waals surface area contributed by atoms with Gasteiger partial charge in [-0.05, 0) is 18.2 Å². The van der Waals surface area contributed by atoms with Gasteiger partial charge >= 0.3 is 6.18 Å². The molecule has 1 atom stereocenters. The van der Waals surface area contributed by atoms with Gasteiger partial charge in [0, 0.05) is 31.7 Å². The summed E-state index contributed by atoms with van der Waals surface area (Å²) in [5.74, 6) is -1.33. The molecule has 0 saturated carbocycles. The van der Waals surface area contributed by atoms with E-state index in [1.165, 1.54) is 4.90 Å². The number of benzene rings is 1. The minimum absolute atomic E-state index is 0. The van der Waals surface area contributed by atoms with Gasteiger partial charge in [0.1, 0.15) is 17.6 Å². The van der Waals surface area contributed by atoms with Gasteiger partial charge in [-0.1, -0.05) is 0 Å². The second-order valence-electron chi connectivity index (χ2n) is 4.43. The average molecular weight is 351 g/mol. The van der Waals surface area contributed by atoms with Crippen molar-refractivity contribution in [2.45, 2.75) is 12.2 Å². The van der Waals surface area contributed by atoms with E-state index in [2.05, 4.69) is 5.32 Å². The molecule has 0 radical (unpaired) electrons. The summed E-state index contributed by atoms with van der Waals surface area (Å²) in [6.07, 6.45) is -4.57. The summed E-state index contributed by atoms with van der Waals surface area (Å²) in [5, 5.41) is 12.5. The Morgan fingerprint density at radius 1 is 1.14 bits per heavy atom. The Morgan fingerprint density at radius 3 is 2.24 bits per heavy atom. The van der Waals surface area contributed by atoms with Crippen molar-refractivity contribution in [1.82, 2.24) is 10.2 Å². The lowest BCUT2D eigenvalue weighted by Gasteiger charge is -2.36. The number of halogens is 6. The van der Waals surface area contributed by atoms with E-state index in [0.29, 0.717) is 13.1 Å². The summed E-state index contributed by atoms with van der Waals surface area (Å²) in [7, 11) is 0. The fourth-order valence-corrected chi connectivity index (χ4v) is 2.26. The first-order chi connectivity index (χ1) is 8.89. The molecule has 0 bridgehead atoms. The third-order valence-corrected chi connectivity index (χ3v) is 3.11. The van der Waals surface area contributed by atoms with Crippen LogP contribution in [0.2, 0.25) is 0 Å². The second kappa shape index (κ2) is 8.03. The Hall–Kier alpha value is -0.760. The first kappa shape index (κ1) is 20.2. The highest BCUT2D eigenvalue weighted by atomic mass is 35.5. The molecule has 1 fully saturated rings. The number of phenolic OH excluding ortho intramolecular Hbond substituents is 1. The van der Waals surface area contributed by atoms with Gasteiger partial charge in [0.05, 0.1) is 0 Å². The first-order valence-corrected chi connectivity index (χ1v) is 5.89. The van der Waals surface area contributed by atoms with Crippen LogP contribution >= 0.6 is 24.8 Å². The van der Waals surface area contributed by atoms with Gasteiger partial charge in [0.25, 0.3) is 0 Å². The molecule has 122 valence electrons. The van der Waals surface area contributed by atoms with Gasteiger partial charge in [-0.2, -0.15) is 13.2 Å². The molecule has 21 heavy (non-hydrogen) atoms. The highest BCUT2D eigenvalue weighted by molar-refractivity contribution is 5.85. The predicted octanol–water partition coefficient (Wildman–Crippen LogP) is 2.88. The number of alkyl halides is 3. The number of piperazine rings is 1. The zero-order valence-electron chi connectivity index (χ0n) is 10.9. The van der Waals surface area contributed by atoms with Crippen LogP contribution in [0.1, 0.15) is 11.6 Å². The van der Waals surface area contributed by atoms with Gasteiger partial charge in [0.15, 0.2) is 0 Å². The number of nitrogens with one attached hydrogen (secondary N) is 1. The molecule has 9 heteroatoms. The highest BCUT2D eigenvalue weighted by Gasteiger charge is 2.46. The van der Waals surface area contributed by atoms with Gasteiger partial charge in [-0.3, -0.25) is 4.90 Å². The molecule has 0 amide bonds. The Morgan fingerprint density at radius 2 is 1.71 bits per heavy atom. The van der Waals surface area contributed by atoms with E-state index in [-0.39, 0.29) is 37.9 Å². The molecule has 0 spiro atoms. The van der Waals surface area contributed by atoms with E-state index in [1.54, 1.807) is 0 Å². The molecule has 1 aromatic carbocycles. The highest BCUT2D eigenvalue weighted by Crippen LogP contribution is 2.41. The molecule has 1 saturated heterocycles. The van der Waals surface area contributed by atoms with Gasteiger partial charge in [0.2, 0.25) is 0 Å². The zero-order valence-corrected chi connectivity index (χ0v) is 12.5. The largest absolute Gasteiger partial charge is 0.508 e. The van der Waals surface area contributed by atoms with Gasteiger partial charge in [-0.15, -0.1) is 24.8 Å². The van der Waals surface area contributed by atoms with Crippen molar-refractivity contribution in [1.29, 1.82) is 0 Å². The van der Waals surface area contributed by atoms with Crippen molar-refractivity contribution in [2.75, 3.05) is 26.2 Å². The maximum Gasteiger partial charge on any atom is 0.408 e. The Balaban J connectivity index is 0.00000200. The minimum Gasteiger partial charge on any atom is -0.508 e. The molecule has 1 aromatic rings. The van der Waals surface area contributed by atoms with Crippen LogP contribution in [-0.2, 0) is 0 Å². The summed E-state index contributed by atoms with van der Waals surface area (Å²) in [6.45, 7) is 1.26. The van der Waals surface area contributed by atoms with Crippen molar-refractivity contribution in [3.05, 3.63) is 29.6 Å². The Labute approximate surface area is 132 Å². The van der Waals surface area contributed by atoms with Crippen LogP contribution in [-0.4, -0.2) is 42.4 Å². The Bertz CT molecular complexity index is 453. The summed E-state index contributed by atoms with van der Waals surface area (Å²) < 4.78 is 52.8. The quantitative estimate of drug-likeness (QED) is 0.805. The molecule has 0 unspecified atom stereocenters. The molecule has 3 nitrogen and oxygen atoms in total. The monoisotopic (exact) mass is 350 g/mol. The summed E-state index contributed by atoms with van der Waals surface area (Å²) in [6, 6.07) is 0.649. The number of aromatic hydroxyl groups is 1. The third-order valence-electron chi connectivity index (χ3n) is 3.11. The number of phenols is 1. The van der Waals surface area contributed by atoms with Gasteiger partial charge < -0.3 is 10.4 Å². The number of rotatable bonds is 2. The molecule has 2 N–H and O–H groups in total. The topological polar surface area (TPSA) is 35.5 Å². The maximum absolute atomic E-state index is 13.2. The normalized spacial score (nSPS) is 17.5. The second-order valence-corrected chi connectivity index (χ2v) is 4.43. The van der Waals surface area contributed by atoms with E-state index in [0.717, 1.165) is 18.2 Å². The molecule has 1 aliphatic rings. The van der Waals surface area contributed by atoms with Gasteiger partial charge in [-0.25, -0.2) is 4.39 Å². The fourth-order valence-electron chi connectivity index (χ4n) is 2.26. The van der Waals surface area contributed by atoms with Crippen molar-refractivity contribution in [3.8, 4) is 5.75 Å². The summed E-state index contributed by atoms with van der Waals surface area (Å²) in [5.41, 5.74) is -0.436. The molecular weight excluding hydrogens is 335 g/mol. The minimum atomic E-state index is -4.57. The number of nitrogens with zero attached hydrogens (tertiary/aromatic N) is 1. The molecule has 0 aromatic heterocycles. The van der Waals surface area contributed by atoms with E-state index in [9.17, 15) is 22.7 Å². The average Bonchev–Trinajstić information content (AvgIpc) is 2.33. The summed E-state index contributed by atoms with van der Waals surface area (Å²) in [4.78, 5) is 1.20. The van der Waals surface area contributed by atoms with Crippen LogP contribution in [0.25, 0.3) is 0 Å². The molecule has 0 aliphatic carbocycles. The van der Waals surface area contributed by atoms with Crippen molar-refractivity contribution < 1.29 is 22.7 Å². The van der Waals surface area contributed by atoms with Crippen LogP contribution in [0, 0.1) is 5.82 Å². The summed E-state index contributed by atoms with van der Waals surface area (Å²) >= 11 is 0. The maximum atomic E-state index is 13.2. The van der Waals surface area contributed by atoms with E-state index >= 15 is 0 Å². The van der Waals surface area contributed by atoms with E-state index < -0.39 is 29.3 Å². The molecule has 1 aliphatic heterocycles. The third kappa shape index (κ3) is 4.88.